The van der Waals surface area contributed by atoms with Gasteiger partial charge in [0.2, 0.25) is 0 Å². The number of hydrogen-bond donors (Lipinski definition) is 0. The second-order valence-electron chi connectivity index (χ2n) is 17.7. The average molecular weight is 769 g/mol. The highest BCUT2D eigenvalue weighted by molar-refractivity contribution is 6.10. The van der Waals surface area contributed by atoms with Crippen LogP contribution in [0.2, 0.25) is 0 Å². The van der Waals surface area contributed by atoms with E-state index in [9.17, 15) is 0 Å². The molecule has 0 N–H and O–H groups in total. The summed E-state index contributed by atoms with van der Waals surface area (Å²) in [6.45, 7) is 9.54. The Hall–Kier alpha value is -7.16. The quantitative estimate of drug-likeness (QED) is 0.169. The van der Waals surface area contributed by atoms with E-state index in [2.05, 4.69) is 231 Å². The molecule has 1 heterocycles. The summed E-state index contributed by atoms with van der Waals surface area (Å²) in [5.41, 5.74) is 20.0. The second kappa shape index (κ2) is 12.7. The molecule has 0 spiro atoms. The van der Waals surface area contributed by atoms with Gasteiger partial charge in [-0.25, -0.2) is 0 Å². The highest BCUT2D eigenvalue weighted by atomic mass is 15.1. The zero-order chi connectivity index (χ0) is 40.3. The van der Waals surface area contributed by atoms with Crippen LogP contribution in [0.3, 0.4) is 0 Å². The zero-order valence-electron chi connectivity index (χ0n) is 34.4. The van der Waals surface area contributed by atoms with E-state index in [0.29, 0.717) is 0 Å². The van der Waals surface area contributed by atoms with Crippen LogP contribution >= 0.6 is 0 Å². The maximum Gasteiger partial charge on any atom is 0.0543 e. The molecule has 2 nitrogen and oxygen atoms in total. The van der Waals surface area contributed by atoms with Gasteiger partial charge in [-0.3, -0.25) is 0 Å². The first-order valence-electron chi connectivity index (χ1n) is 21.2. The molecule has 1 aromatic heterocycles. The van der Waals surface area contributed by atoms with E-state index in [-0.39, 0.29) is 10.8 Å². The standard InChI is InChI=1S/C58H44N2/c1-57(2)49-22-10-7-18-44(49)45-33-31-40(35-51(45)57)59(39-29-27-38(28-30-39)43-21-13-16-37-15-5-6-17-42(37)43)41-32-34-48-52(36-41)58(3,4)50-23-14-26-55(56(48)50)60-53-24-11-8-19-46(53)47-20-9-12-25-54(47)60/h5-36H,1-4H3. The monoisotopic (exact) mass is 768 g/mol. The predicted molar refractivity (Wildman–Crippen MR) is 254 cm³/mol. The minimum Gasteiger partial charge on any atom is -0.310 e. The van der Waals surface area contributed by atoms with Crippen LogP contribution in [0.25, 0.3) is 71.6 Å². The highest BCUT2D eigenvalue weighted by Gasteiger charge is 2.39. The first-order valence-corrected chi connectivity index (χ1v) is 21.2. The van der Waals surface area contributed by atoms with Gasteiger partial charge in [-0.2, -0.15) is 0 Å². The molecule has 0 unspecified atom stereocenters. The zero-order valence-corrected chi connectivity index (χ0v) is 34.4. The lowest BCUT2D eigenvalue weighted by Crippen LogP contribution is -2.18. The van der Waals surface area contributed by atoms with E-state index in [4.69, 9.17) is 0 Å². The molecule has 0 amide bonds. The maximum atomic E-state index is 2.48. The fourth-order valence-corrected chi connectivity index (χ4v) is 10.8. The number of rotatable bonds is 5. The molecular weight excluding hydrogens is 725 g/mol. The lowest BCUT2D eigenvalue weighted by atomic mass is 9.82. The number of para-hydroxylation sites is 2. The molecule has 2 heteroatoms. The van der Waals surface area contributed by atoms with Crippen molar-refractivity contribution in [3.63, 3.8) is 0 Å². The number of hydrogen-bond acceptors (Lipinski definition) is 1. The third kappa shape index (κ3) is 4.88. The van der Waals surface area contributed by atoms with E-state index in [0.717, 1.165) is 17.1 Å². The summed E-state index contributed by atoms with van der Waals surface area (Å²) in [6, 6.07) is 72.3. The van der Waals surface area contributed by atoms with Crippen LogP contribution in [0.5, 0.6) is 0 Å². The number of fused-ring (bicyclic) bond motifs is 10. The first kappa shape index (κ1) is 34.8. The minimum absolute atomic E-state index is 0.114. The molecule has 10 aromatic rings. The predicted octanol–water partition coefficient (Wildman–Crippen LogP) is 15.7. The molecule has 2 aliphatic carbocycles. The van der Waals surface area contributed by atoms with Gasteiger partial charge in [-0.1, -0.05) is 167 Å². The summed E-state index contributed by atoms with van der Waals surface area (Å²) in [5.74, 6) is 0. The topological polar surface area (TPSA) is 8.17 Å². The molecule has 0 saturated heterocycles. The third-order valence-electron chi connectivity index (χ3n) is 13.8. The maximum absolute atomic E-state index is 2.48. The van der Waals surface area contributed by atoms with Crippen molar-refractivity contribution in [3.05, 3.63) is 216 Å². The summed E-state index contributed by atoms with van der Waals surface area (Å²) in [4.78, 5) is 2.47. The largest absolute Gasteiger partial charge is 0.310 e. The van der Waals surface area contributed by atoms with Crippen LogP contribution in [0.15, 0.2) is 194 Å². The van der Waals surface area contributed by atoms with Gasteiger partial charge in [-0.05, 0) is 115 Å². The van der Waals surface area contributed by atoms with Gasteiger partial charge in [0.1, 0.15) is 0 Å². The number of nitrogens with zero attached hydrogens (tertiary/aromatic N) is 2. The van der Waals surface area contributed by atoms with Gasteiger partial charge < -0.3 is 9.47 Å². The molecule has 0 bridgehead atoms. The molecule has 60 heavy (non-hydrogen) atoms. The number of anilines is 3. The lowest BCUT2D eigenvalue weighted by molar-refractivity contribution is 0.660. The second-order valence-corrected chi connectivity index (χ2v) is 17.7. The van der Waals surface area contributed by atoms with E-state index in [1.54, 1.807) is 0 Å². The Bertz CT molecular complexity index is 3320. The van der Waals surface area contributed by atoms with E-state index >= 15 is 0 Å². The summed E-state index contributed by atoms with van der Waals surface area (Å²) in [7, 11) is 0. The van der Waals surface area contributed by atoms with Crippen LogP contribution in [-0.2, 0) is 10.8 Å². The Labute approximate surface area is 351 Å². The molecule has 286 valence electrons. The summed E-state index contributed by atoms with van der Waals surface area (Å²) >= 11 is 0. The van der Waals surface area contributed by atoms with Gasteiger partial charge in [0.15, 0.2) is 0 Å². The summed E-state index contributed by atoms with van der Waals surface area (Å²) in [6.07, 6.45) is 0. The fourth-order valence-electron chi connectivity index (χ4n) is 10.8. The van der Waals surface area contributed by atoms with Crippen molar-refractivity contribution in [2.24, 2.45) is 0 Å². The van der Waals surface area contributed by atoms with Crippen LogP contribution in [0.4, 0.5) is 17.1 Å². The van der Waals surface area contributed by atoms with Crippen molar-refractivity contribution in [1.29, 1.82) is 0 Å². The first-order chi connectivity index (χ1) is 29.3. The Morgan fingerprint density at radius 1 is 0.367 bits per heavy atom. The normalized spacial score (nSPS) is 14.3. The van der Waals surface area contributed by atoms with Crippen LogP contribution in [0, 0.1) is 0 Å². The van der Waals surface area contributed by atoms with Gasteiger partial charge in [0.25, 0.3) is 0 Å². The molecule has 0 aliphatic heterocycles. The summed E-state index contributed by atoms with van der Waals surface area (Å²) in [5, 5.41) is 5.08. The molecule has 12 rings (SSSR count). The Balaban J connectivity index is 1.04. The Kier molecular flexibility index (Phi) is 7.36. The van der Waals surface area contributed by atoms with E-state index in [1.807, 2.05) is 0 Å². The van der Waals surface area contributed by atoms with Crippen LogP contribution in [-0.4, -0.2) is 4.57 Å². The van der Waals surface area contributed by atoms with Crippen molar-refractivity contribution in [3.8, 4) is 39.1 Å². The van der Waals surface area contributed by atoms with Gasteiger partial charge >= 0.3 is 0 Å². The van der Waals surface area contributed by atoms with Crippen molar-refractivity contribution >= 4 is 49.6 Å². The Morgan fingerprint density at radius 2 is 0.867 bits per heavy atom. The van der Waals surface area contributed by atoms with Crippen LogP contribution in [0.1, 0.15) is 49.9 Å². The molecular formula is C58H44N2. The molecule has 9 aromatic carbocycles. The molecule has 0 atom stereocenters. The molecule has 0 radical (unpaired) electrons. The van der Waals surface area contributed by atoms with Crippen LogP contribution < -0.4 is 4.90 Å². The van der Waals surface area contributed by atoms with Crippen molar-refractivity contribution in [1.82, 2.24) is 4.57 Å². The van der Waals surface area contributed by atoms with Gasteiger partial charge in [0, 0.05) is 44.2 Å². The molecule has 0 saturated carbocycles. The van der Waals surface area contributed by atoms with Gasteiger partial charge in [0.05, 0.1) is 16.7 Å². The molecule has 2 aliphatic rings. The average Bonchev–Trinajstić information content (AvgIpc) is 3.83. The van der Waals surface area contributed by atoms with E-state index in [1.165, 1.54) is 93.9 Å². The third-order valence-corrected chi connectivity index (χ3v) is 13.8. The highest BCUT2D eigenvalue weighted by Crippen LogP contribution is 2.55. The lowest BCUT2D eigenvalue weighted by Gasteiger charge is -2.30. The minimum atomic E-state index is -0.221. The molecule has 0 fully saturated rings. The fraction of sp³-hybridized carbons (Fsp3) is 0.103. The Morgan fingerprint density at radius 3 is 1.60 bits per heavy atom. The van der Waals surface area contributed by atoms with Gasteiger partial charge in [-0.15, -0.1) is 0 Å². The smallest absolute Gasteiger partial charge is 0.0543 e. The number of aromatic nitrogens is 1. The van der Waals surface area contributed by atoms with E-state index < -0.39 is 0 Å². The SMILES string of the molecule is CC1(C)c2ccccc2-c2ccc(N(c3ccc(-c4cccc5ccccc45)cc3)c3ccc4c(c3)C(C)(C)c3cccc(-n5c6ccccc6c6ccccc65)c3-4)cc21. The summed E-state index contributed by atoms with van der Waals surface area (Å²) < 4.78 is 2.48. The van der Waals surface area contributed by atoms with Crippen molar-refractivity contribution in [2.75, 3.05) is 4.90 Å². The van der Waals surface area contributed by atoms with Crippen molar-refractivity contribution < 1.29 is 0 Å². The van der Waals surface area contributed by atoms with Crippen molar-refractivity contribution in [2.45, 2.75) is 38.5 Å². The number of benzene rings is 9.